The quantitative estimate of drug-likeness (QED) is 0.842. The van der Waals surface area contributed by atoms with Crippen LogP contribution in [0.3, 0.4) is 0 Å². The summed E-state index contributed by atoms with van der Waals surface area (Å²) in [7, 11) is 4.00. The van der Waals surface area contributed by atoms with E-state index in [-0.39, 0.29) is 18.1 Å². The van der Waals surface area contributed by atoms with Crippen molar-refractivity contribution in [1.29, 1.82) is 0 Å². The molecule has 0 radical (unpaired) electrons. The highest BCUT2D eigenvalue weighted by atomic mass is 16.3. The number of hydrogen-bond acceptors (Lipinski definition) is 3. The van der Waals surface area contributed by atoms with Crippen LogP contribution in [0.15, 0.2) is 24.3 Å². The Morgan fingerprint density at radius 2 is 1.95 bits per heavy atom. The van der Waals surface area contributed by atoms with Gasteiger partial charge in [0.2, 0.25) is 5.91 Å². The smallest absolute Gasteiger partial charge is 0.224 e. The van der Waals surface area contributed by atoms with E-state index in [1.54, 1.807) is 0 Å². The largest absolute Gasteiger partial charge is 0.393 e. The summed E-state index contributed by atoms with van der Waals surface area (Å²) in [5.41, 5.74) is 2.16. The number of aliphatic hydroxyl groups excluding tert-OH is 1. The van der Waals surface area contributed by atoms with Gasteiger partial charge < -0.3 is 15.3 Å². The number of rotatable bonds is 6. The fraction of sp³-hybridized carbons (Fsp3) is 0.588. The Balaban J connectivity index is 1.85. The number of carbonyl (C=O) groups excluding carboxylic acids is 1. The van der Waals surface area contributed by atoms with Crippen molar-refractivity contribution in [2.24, 2.45) is 5.92 Å². The molecule has 1 fully saturated rings. The molecule has 2 rings (SSSR count). The van der Waals surface area contributed by atoms with Gasteiger partial charge in [-0.3, -0.25) is 4.79 Å². The zero-order chi connectivity index (χ0) is 15.4. The number of anilines is 1. The number of hydrogen-bond donors (Lipinski definition) is 2. The minimum atomic E-state index is -0.167. The van der Waals surface area contributed by atoms with E-state index in [2.05, 4.69) is 12.2 Å². The molecule has 1 aromatic rings. The molecule has 116 valence electrons. The molecule has 1 atom stereocenters. The highest BCUT2D eigenvalue weighted by Gasteiger charge is 2.33. The molecule has 1 amide bonds. The van der Waals surface area contributed by atoms with Gasteiger partial charge in [-0.1, -0.05) is 19.1 Å². The Morgan fingerprint density at radius 1 is 1.33 bits per heavy atom. The lowest BCUT2D eigenvalue weighted by Gasteiger charge is -2.37. The van der Waals surface area contributed by atoms with Crippen molar-refractivity contribution in [3.63, 3.8) is 0 Å². The van der Waals surface area contributed by atoms with E-state index < -0.39 is 0 Å². The Kier molecular flexibility index (Phi) is 5.23. The lowest BCUT2D eigenvalue weighted by Crippen LogP contribution is -2.47. The lowest BCUT2D eigenvalue weighted by molar-refractivity contribution is -0.122. The number of aliphatic hydroxyl groups is 1. The fourth-order valence-corrected chi connectivity index (χ4v) is 2.87. The standard InChI is InChI=1S/C17H26N2O2/c1-4-16(13-10-15(20)11-13)18-17(21)9-12-5-7-14(8-6-12)19(2)3/h5-8,13,15-16,20H,4,9-11H2,1-3H3,(H,18,21). The first-order valence-corrected chi connectivity index (χ1v) is 7.73. The number of nitrogens with one attached hydrogen (secondary N) is 1. The maximum Gasteiger partial charge on any atom is 0.224 e. The minimum Gasteiger partial charge on any atom is -0.393 e. The zero-order valence-corrected chi connectivity index (χ0v) is 13.2. The van der Waals surface area contributed by atoms with Crippen LogP contribution in [0.4, 0.5) is 5.69 Å². The molecule has 0 spiro atoms. The summed E-state index contributed by atoms with van der Waals surface area (Å²) in [5.74, 6) is 0.505. The summed E-state index contributed by atoms with van der Waals surface area (Å²) in [5, 5.41) is 12.5. The molecule has 1 aliphatic carbocycles. The van der Waals surface area contributed by atoms with E-state index in [1.165, 1.54) is 0 Å². The topological polar surface area (TPSA) is 52.6 Å². The van der Waals surface area contributed by atoms with Gasteiger partial charge in [-0.05, 0) is 42.9 Å². The van der Waals surface area contributed by atoms with Gasteiger partial charge in [0.15, 0.2) is 0 Å². The highest BCUT2D eigenvalue weighted by molar-refractivity contribution is 5.79. The van der Waals surface area contributed by atoms with Crippen molar-refractivity contribution >= 4 is 11.6 Å². The summed E-state index contributed by atoms with van der Waals surface area (Å²) in [4.78, 5) is 14.2. The zero-order valence-electron chi connectivity index (χ0n) is 13.2. The van der Waals surface area contributed by atoms with Gasteiger partial charge in [-0.25, -0.2) is 0 Å². The molecule has 2 N–H and O–H groups in total. The van der Waals surface area contributed by atoms with Gasteiger partial charge in [0.1, 0.15) is 0 Å². The van der Waals surface area contributed by atoms with E-state index in [0.717, 1.165) is 30.5 Å². The second-order valence-electron chi connectivity index (χ2n) is 6.21. The second kappa shape index (κ2) is 6.94. The molecule has 1 unspecified atom stereocenters. The Hall–Kier alpha value is -1.55. The van der Waals surface area contributed by atoms with E-state index in [9.17, 15) is 9.90 Å². The molecule has 21 heavy (non-hydrogen) atoms. The summed E-state index contributed by atoms with van der Waals surface area (Å²) >= 11 is 0. The first-order chi connectivity index (χ1) is 9.99. The van der Waals surface area contributed by atoms with Crippen LogP contribution in [-0.4, -0.2) is 37.3 Å². The molecular formula is C17H26N2O2. The van der Waals surface area contributed by atoms with Crippen LogP contribution in [0.2, 0.25) is 0 Å². The van der Waals surface area contributed by atoms with Gasteiger partial charge in [0.25, 0.3) is 0 Å². The van der Waals surface area contributed by atoms with Crippen molar-refractivity contribution in [2.75, 3.05) is 19.0 Å². The van der Waals surface area contributed by atoms with Crippen LogP contribution in [0.5, 0.6) is 0 Å². The molecule has 0 heterocycles. The van der Waals surface area contributed by atoms with Gasteiger partial charge in [-0.15, -0.1) is 0 Å². The van der Waals surface area contributed by atoms with Crippen LogP contribution in [0, 0.1) is 5.92 Å². The summed E-state index contributed by atoms with van der Waals surface area (Å²) in [6.07, 6.45) is 2.80. The summed E-state index contributed by atoms with van der Waals surface area (Å²) in [6.45, 7) is 2.08. The molecule has 0 aliphatic heterocycles. The summed E-state index contributed by atoms with van der Waals surface area (Å²) < 4.78 is 0. The highest BCUT2D eigenvalue weighted by Crippen LogP contribution is 2.31. The number of nitrogens with zero attached hydrogens (tertiary/aromatic N) is 1. The maximum absolute atomic E-state index is 12.1. The first-order valence-electron chi connectivity index (χ1n) is 7.73. The van der Waals surface area contributed by atoms with E-state index >= 15 is 0 Å². The molecule has 1 aromatic carbocycles. The third-order valence-electron chi connectivity index (χ3n) is 4.32. The van der Waals surface area contributed by atoms with Gasteiger partial charge in [0, 0.05) is 25.8 Å². The van der Waals surface area contributed by atoms with Crippen molar-refractivity contribution in [3.8, 4) is 0 Å². The van der Waals surface area contributed by atoms with Crippen molar-refractivity contribution < 1.29 is 9.90 Å². The van der Waals surface area contributed by atoms with E-state index in [0.29, 0.717) is 12.3 Å². The molecule has 4 nitrogen and oxygen atoms in total. The number of amides is 1. The predicted octanol–water partition coefficient (Wildman–Crippen LogP) is 1.96. The monoisotopic (exact) mass is 290 g/mol. The van der Waals surface area contributed by atoms with Crippen LogP contribution in [0.25, 0.3) is 0 Å². The molecule has 4 heteroatoms. The van der Waals surface area contributed by atoms with Crippen LogP contribution in [-0.2, 0) is 11.2 Å². The van der Waals surface area contributed by atoms with Crippen molar-refractivity contribution in [3.05, 3.63) is 29.8 Å². The average molecular weight is 290 g/mol. The Morgan fingerprint density at radius 3 is 2.43 bits per heavy atom. The average Bonchev–Trinajstić information content (AvgIpc) is 2.42. The fourth-order valence-electron chi connectivity index (χ4n) is 2.87. The normalized spacial score (nSPS) is 22.3. The van der Waals surface area contributed by atoms with Crippen molar-refractivity contribution in [2.45, 2.75) is 44.8 Å². The Labute approximate surface area is 127 Å². The van der Waals surface area contributed by atoms with Crippen LogP contribution >= 0.6 is 0 Å². The number of benzene rings is 1. The van der Waals surface area contributed by atoms with Gasteiger partial charge >= 0.3 is 0 Å². The molecule has 0 saturated heterocycles. The van der Waals surface area contributed by atoms with E-state index in [4.69, 9.17) is 0 Å². The van der Waals surface area contributed by atoms with E-state index in [1.807, 2.05) is 43.3 Å². The third-order valence-corrected chi connectivity index (χ3v) is 4.32. The molecule has 0 bridgehead atoms. The van der Waals surface area contributed by atoms with Crippen molar-refractivity contribution in [1.82, 2.24) is 5.32 Å². The van der Waals surface area contributed by atoms with Gasteiger partial charge in [-0.2, -0.15) is 0 Å². The van der Waals surface area contributed by atoms with Crippen LogP contribution < -0.4 is 10.2 Å². The Bertz CT molecular complexity index is 464. The predicted molar refractivity (Wildman–Crippen MR) is 85.4 cm³/mol. The first kappa shape index (κ1) is 15.8. The lowest BCUT2D eigenvalue weighted by atomic mass is 9.76. The van der Waals surface area contributed by atoms with Crippen LogP contribution in [0.1, 0.15) is 31.7 Å². The van der Waals surface area contributed by atoms with Gasteiger partial charge in [0.05, 0.1) is 12.5 Å². The molecule has 1 saturated carbocycles. The minimum absolute atomic E-state index is 0.0702. The molecule has 1 aliphatic rings. The second-order valence-corrected chi connectivity index (χ2v) is 6.21. The molecule has 0 aromatic heterocycles. The third kappa shape index (κ3) is 4.21. The molecular weight excluding hydrogens is 264 g/mol. The number of carbonyl (C=O) groups is 1. The summed E-state index contributed by atoms with van der Waals surface area (Å²) in [6, 6.07) is 8.26. The SMILES string of the molecule is CCC(NC(=O)Cc1ccc(N(C)C)cc1)C1CC(O)C1. The maximum atomic E-state index is 12.1.